The average Bonchev–Trinajstić information content (AvgIpc) is 2.78. The van der Waals surface area contributed by atoms with Gasteiger partial charge in [-0.3, -0.25) is 4.79 Å². The molecule has 4 heteroatoms. The highest BCUT2D eigenvalue weighted by atomic mass is 32.2. The van der Waals surface area contributed by atoms with Crippen LogP contribution in [0.2, 0.25) is 0 Å². The van der Waals surface area contributed by atoms with Gasteiger partial charge in [0, 0.05) is 6.54 Å². The lowest BCUT2D eigenvalue weighted by Crippen LogP contribution is -2.49. The Morgan fingerprint density at radius 2 is 2.38 bits per heavy atom. The van der Waals surface area contributed by atoms with Crippen molar-refractivity contribution >= 4 is 17.7 Å². The standard InChI is InChI=1S/C12H22N2OS/c1-9-2-4-13-11(6-9)12(15)14-7-10-3-5-16-8-10/h9-11,13H,2-8H2,1H3,(H,14,15). The quantitative estimate of drug-likeness (QED) is 0.782. The van der Waals surface area contributed by atoms with E-state index < -0.39 is 0 Å². The van der Waals surface area contributed by atoms with Gasteiger partial charge in [0.05, 0.1) is 6.04 Å². The van der Waals surface area contributed by atoms with Crippen LogP contribution in [0, 0.1) is 11.8 Å². The summed E-state index contributed by atoms with van der Waals surface area (Å²) >= 11 is 2.00. The molecule has 2 N–H and O–H groups in total. The summed E-state index contributed by atoms with van der Waals surface area (Å²) < 4.78 is 0. The summed E-state index contributed by atoms with van der Waals surface area (Å²) in [7, 11) is 0. The van der Waals surface area contributed by atoms with Crippen LogP contribution >= 0.6 is 11.8 Å². The third kappa shape index (κ3) is 3.39. The highest BCUT2D eigenvalue weighted by Crippen LogP contribution is 2.22. The molecule has 2 aliphatic rings. The molecule has 0 aliphatic carbocycles. The van der Waals surface area contributed by atoms with Gasteiger partial charge in [0.2, 0.25) is 5.91 Å². The Bertz CT molecular complexity index is 241. The van der Waals surface area contributed by atoms with E-state index in [1.54, 1.807) is 0 Å². The summed E-state index contributed by atoms with van der Waals surface area (Å²) in [6.45, 7) is 4.09. The molecule has 0 bridgehead atoms. The van der Waals surface area contributed by atoms with E-state index in [0.29, 0.717) is 11.8 Å². The van der Waals surface area contributed by atoms with Crippen LogP contribution in [0.4, 0.5) is 0 Å². The summed E-state index contributed by atoms with van der Waals surface area (Å²) in [5.41, 5.74) is 0. The maximum Gasteiger partial charge on any atom is 0.237 e. The minimum atomic E-state index is 0.0535. The van der Waals surface area contributed by atoms with Crippen LogP contribution in [-0.4, -0.2) is 36.5 Å². The molecule has 2 rings (SSSR count). The fraction of sp³-hybridized carbons (Fsp3) is 0.917. The Morgan fingerprint density at radius 3 is 3.06 bits per heavy atom. The number of hydrogen-bond donors (Lipinski definition) is 2. The average molecular weight is 242 g/mol. The van der Waals surface area contributed by atoms with Gasteiger partial charge in [0.25, 0.3) is 0 Å². The van der Waals surface area contributed by atoms with Crippen LogP contribution in [0.1, 0.15) is 26.2 Å². The molecular weight excluding hydrogens is 220 g/mol. The Hall–Kier alpha value is -0.220. The number of piperidine rings is 1. The van der Waals surface area contributed by atoms with Crippen molar-refractivity contribution < 1.29 is 4.79 Å². The van der Waals surface area contributed by atoms with Crippen molar-refractivity contribution in [3.63, 3.8) is 0 Å². The highest BCUT2D eigenvalue weighted by Gasteiger charge is 2.25. The van der Waals surface area contributed by atoms with E-state index in [4.69, 9.17) is 0 Å². The molecule has 0 radical (unpaired) electrons. The Balaban J connectivity index is 1.70. The largest absolute Gasteiger partial charge is 0.354 e. The molecule has 3 nitrogen and oxygen atoms in total. The first-order valence-electron chi connectivity index (χ1n) is 6.34. The van der Waals surface area contributed by atoms with E-state index in [2.05, 4.69) is 17.6 Å². The van der Waals surface area contributed by atoms with Crippen LogP contribution < -0.4 is 10.6 Å². The Morgan fingerprint density at radius 1 is 1.50 bits per heavy atom. The smallest absolute Gasteiger partial charge is 0.237 e. The second-order valence-corrected chi connectivity index (χ2v) is 6.26. The molecule has 2 fully saturated rings. The number of amides is 1. The predicted molar refractivity (Wildman–Crippen MR) is 68.6 cm³/mol. The number of thioether (sulfide) groups is 1. The molecule has 3 unspecified atom stereocenters. The van der Waals surface area contributed by atoms with Crippen molar-refractivity contribution in [1.29, 1.82) is 0 Å². The molecule has 0 aromatic heterocycles. The summed E-state index contributed by atoms with van der Waals surface area (Å²) in [6.07, 6.45) is 3.45. The molecule has 92 valence electrons. The van der Waals surface area contributed by atoms with Gasteiger partial charge >= 0.3 is 0 Å². The molecule has 0 aromatic rings. The van der Waals surface area contributed by atoms with Gasteiger partial charge in [0.15, 0.2) is 0 Å². The first kappa shape index (κ1) is 12.2. The first-order chi connectivity index (χ1) is 7.75. The van der Waals surface area contributed by atoms with Crippen molar-refractivity contribution in [3.8, 4) is 0 Å². The molecule has 16 heavy (non-hydrogen) atoms. The molecule has 2 aliphatic heterocycles. The topological polar surface area (TPSA) is 41.1 Å². The van der Waals surface area contributed by atoms with E-state index in [9.17, 15) is 4.79 Å². The van der Waals surface area contributed by atoms with E-state index in [0.717, 1.165) is 19.5 Å². The molecule has 2 heterocycles. The second-order valence-electron chi connectivity index (χ2n) is 5.11. The lowest BCUT2D eigenvalue weighted by molar-refractivity contribution is -0.124. The van der Waals surface area contributed by atoms with E-state index in [1.165, 1.54) is 24.3 Å². The lowest BCUT2D eigenvalue weighted by atomic mass is 9.94. The fourth-order valence-electron chi connectivity index (χ4n) is 2.42. The van der Waals surface area contributed by atoms with Gasteiger partial charge in [-0.15, -0.1) is 0 Å². The summed E-state index contributed by atoms with van der Waals surface area (Å²) in [5.74, 6) is 4.08. The van der Waals surface area contributed by atoms with Crippen LogP contribution in [0.5, 0.6) is 0 Å². The number of nitrogens with one attached hydrogen (secondary N) is 2. The molecule has 0 aromatic carbocycles. The maximum absolute atomic E-state index is 11.9. The second kappa shape index (κ2) is 5.92. The van der Waals surface area contributed by atoms with Crippen LogP contribution in [0.25, 0.3) is 0 Å². The lowest BCUT2D eigenvalue weighted by Gasteiger charge is -2.27. The summed E-state index contributed by atoms with van der Waals surface area (Å²) in [4.78, 5) is 11.9. The normalized spacial score (nSPS) is 34.9. The van der Waals surface area contributed by atoms with Crippen molar-refractivity contribution in [3.05, 3.63) is 0 Å². The van der Waals surface area contributed by atoms with Crippen molar-refractivity contribution in [1.82, 2.24) is 10.6 Å². The first-order valence-corrected chi connectivity index (χ1v) is 7.50. The monoisotopic (exact) mass is 242 g/mol. The van der Waals surface area contributed by atoms with Crippen LogP contribution in [0.15, 0.2) is 0 Å². The van der Waals surface area contributed by atoms with Gasteiger partial charge in [-0.1, -0.05) is 6.92 Å². The molecule has 0 saturated carbocycles. The minimum Gasteiger partial charge on any atom is -0.354 e. The molecule has 3 atom stereocenters. The van der Waals surface area contributed by atoms with Crippen molar-refractivity contribution in [2.75, 3.05) is 24.6 Å². The summed E-state index contributed by atoms with van der Waals surface area (Å²) in [6, 6.07) is 0.0535. The third-order valence-corrected chi connectivity index (χ3v) is 4.80. The fourth-order valence-corrected chi connectivity index (χ4v) is 3.70. The third-order valence-electron chi connectivity index (χ3n) is 3.57. The van der Waals surface area contributed by atoms with Gasteiger partial charge < -0.3 is 10.6 Å². The zero-order chi connectivity index (χ0) is 11.4. The number of carbonyl (C=O) groups is 1. The van der Waals surface area contributed by atoms with Crippen molar-refractivity contribution in [2.24, 2.45) is 11.8 Å². The maximum atomic E-state index is 11.9. The van der Waals surface area contributed by atoms with Gasteiger partial charge in [0.1, 0.15) is 0 Å². The predicted octanol–water partition coefficient (Wildman–Crippen LogP) is 1.24. The zero-order valence-corrected chi connectivity index (χ0v) is 10.8. The van der Waals surface area contributed by atoms with E-state index >= 15 is 0 Å². The minimum absolute atomic E-state index is 0.0535. The number of rotatable bonds is 3. The number of carbonyl (C=O) groups excluding carboxylic acids is 1. The van der Waals surface area contributed by atoms with Gasteiger partial charge in [-0.05, 0) is 49.1 Å². The molecule has 2 saturated heterocycles. The molecule has 1 amide bonds. The number of hydrogen-bond acceptors (Lipinski definition) is 3. The van der Waals surface area contributed by atoms with Crippen LogP contribution in [0.3, 0.4) is 0 Å². The molecule has 0 spiro atoms. The SMILES string of the molecule is CC1CCNC(C(=O)NCC2CCSC2)C1. The van der Waals surface area contributed by atoms with Gasteiger partial charge in [-0.2, -0.15) is 11.8 Å². The van der Waals surface area contributed by atoms with Gasteiger partial charge in [-0.25, -0.2) is 0 Å². The van der Waals surface area contributed by atoms with E-state index in [-0.39, 0.29) is 11.9 Å². The van der Waals surface area contributed by atoms with Crippen LogP contribution in [-0.2, 0) is 4.79 Å². The van der Waals surface area contributed by atoms with Crippen molar-refractivity contribution in [2.45, 2.75) is 32.2 Å². The highest BCUT2D eigenvalue weighted by molar-refractivity contribution is 7.99. The zero-order valence-electron chi connectivity index (χ0n) is 10.00. The Kier molecular flexibility index (Phi) is 4.53. The Labute approximate surface area is 102 Å². The van der Waals surface area contributed by atoms with E-state index in [1.807, 2.05) is 11.8 Å². The molecular formula is C12H22N2OS. The summed E-state index contributed by atoms with van der Waals surface area (Å²) in [5, 5.41) is 6.41.